The first-order valence-electron chi connectivity index (χ1n) is 8.57. The van der Waals surface area contributed by atoms with Gasteiger partial charge in [0.25, 0.3) is 5.91 Å². The number of carbonyl (C=O) groups is 1. The summed E-state index contributed by atoms with van der Waals surface area (Å²) in [7, 11) is 0. The van der Waals surface area contributed by atoms with Gasteiger partial charge >= 0.3 is 0 Å². The first kappa shape index (κ1) is 17.6. The third-order valence-corrected chi connectivity index (χ3v) is 4.44. The number of nitrogens with zero attached hydrogens (tertiary/aromatic N) is 3. The summed E-state index contributed by atoms with van der Waals surface area (Å²) in [5, 5.41) is 10.8. The smallest absolute Gasteiger partial charge is 0.251 e. The van der Waals surface area contributed by atoms with Crippen molar-refractivity contribution < 1.29 is 13.9 Å². The largest absolute Gasteiger partial charge is 0.421 e. The molecule has 1 aromatic carbocycles. The van der Waals surface area contributed by atoms with Gasteiger partial charge in [0.05, 0.1) is 13.2 Å². The standard InChI is InChI=1S/C18H24N4O3/c1-12(22-7-8-24-11-13(22)2)10-19-17(23)15-5-4-6-16(9-15)18-21-20-14(3)25-18/h4-6,9,12-13H,7-8,10-11H2,1-3H3,(H,19,23)/t12-,13-/m0/s1. The Morgan fingerprint density at radius 3 is 3.00 bits per heavy atom. The van der Waals surface area contributed by atoms with Crippen LogP contribution in [0.4, 0.5) is 0 Å². The van der Waals surface area contributed by atoms with Crippen LogP contribution in [0.2, 0.25) is 0 Å². The van der Waals surface area contributed by atoms with E-state index in [0.717, 1.165) is 25.3 Å². The highest BCUT2D eigenvalue weighted by atomic mass is 16.5. The molecule has 3 rings (SSSR count). The molecule has 134 valence electrons. The van der Waals surface area contributed by atoms with Crippen LogP contribution in [-0.2, 0) is 4.74 Å². The molecule has 0 unspecified atom stereocenters. The monoisotopic (exact) mass is 344 g/mol. The quantitative estimate of drug-likeness (QED) is 0.892. The minimum atomic E-state index is -0.106. The molecule has 0 saturated carbocycles. The Hall–Kier alpha value is -2.25. The summed E-state index contributed by atoms with van der Waals surface area (Å²) >= 11 is 0. The number of rotatable bonds is 5. The number of ether oxygens (including phenoxy) is 1. The Bertz CT molecular complexity index is 731. The molecule has 0 aliphatic carbocycles. The molecular formula is C18H24N4O3. The van der Waals surface area contributed by atoms with Crippen LogP contribution in [0.3, 0.4) is 0 Å². The highest BCUT2D eigenvalue weighted by Crippen LogP contribution is 2.19. The topological polar surface area (TPSA) is 80.5 Å². The van der Waals surface area contributed by atoms with Crippen LogP contribution in [-0.4, -0.2) is 59.4 Å². The minimum Gasteiger partial charge on any atom is -0.421 e. The SMILES string of the molecule is Cc1nnc(-c2cccc(C(=O)NC[C@H](C)N3CCOC[C@@H]3C)c2)o1. The van der Waals surface area contributed by atoms with Crippen molar-refractivity contribution in [3.63, 3.8) is 0 Å². The molecule has 1 aliphatic rings. The minimum absolute atomic E-state index is 0.106. The fourth-order valence-corrected chi connectivity index (χ4v) is 3.06. The van der Waals surface area contributed by atoms with E-state index in [1.807, 2.05) is 12.1 Å². The van der Waals surface area contributed by atoms with Crippen molar-refractivity contribution in [2.24, 2.45) is 0 Å². The molecule has 25 heavy (non-hydrogen) atoms. The Balaban J connectivity index is 1.61. The van der Waals surface area contributed by atoms with Crippen LogP contribution in [0.5, 0.6) is 0 Å². The molecule has 2 atom stereocenters. The summed E-state index contributed by atoms with van der Waals surface area (Å²) in [6.07, 6.45) is 0. The summed E-state index contributed by atoms with van der Waals surface area (Å²) in [6.45, 7) is 8.98. The molecule has 1 aliphatic heterocycles. The van der Waals surface area contributed by atoms with Crippen molar-refractivity contribution in [3.05, 3.63) is 35.7 Å². The highest BCUT2D eigenvalue weighted by Gasteiger charge is 2.24. The number of aromatic nitrogens is 2. The van der Waals surface area contributed by atoms with Crippen LogP contribution in [0.25, 0.3) is 11.5 Å². The van der Waals surface area contributed by atoms with Crippen molar-refractivity contribution in [2.45, 2.75) is 32.9 Å². The lowest BCUT2D eigenvalue weighted by molar-refractivity contribution is -0.0178. The van der Waals surface area contributed by atoms with Gasteiger partial charge in [-0.25, -0.2) is 0 Å². The van der Waals surface area contributed by atoms with Gasteiger partial charge in [0.15, 0.2) is 0 Å². The molecule has 2 heterocycles. The lowest BCUT2D eigenvalue weighted by atomic mass is 10.1. The maximum absolute atomic E-state index is 12.5. The van der Waals surface area contributed by atoms with Crippen LogP contribution in [0, 0.1) is 6.92 Å². The van der Waals surface area contributed by atoms with Gasteiger partial charge < -0.3 is 14.5 Å². The lowest BCUT2D eigenvalue weighted by Gasteiger charge is -2.37. The number of hydrogen-bond acceptors (Lipinski definition) is 6. The number of amides is 1. The van der Waals surface area contributed by atoms with Gasteiger partial charge in [-0.15, -0.1) is 10.2 Å². The van der Waals surface area contributed by atoms with Gasteiger partial charge in [0.2, 0.25) is 11.8 Å². The highest BCUT2D eigenvalue weighted by molar-refractivity contribution is 5.95. The molecule has 0 bridgehead atoms. The summed E-state index contributed by atoms with van der Waals surface area (Å²) < 4.78 is 10.9. The zero-order chi connectivity index (χ0) is 17.8. The van der Waals surface area contributed by atoms with Crippen LogP contribution < -0.4 is 5.32 Å². The first-order valence-corrected chi connectivity index (χ1v) is 8.57. The van der Waals surface area contributed by atoms with Gasteiger partial charge in [-0.05, 0) is 32.0 Å². The van der Waals surface area contributed by atoms with E-state index in [9.17, 15) is 4.79 Å². The number of aryl methyl sites for hydroxylation is 1. The maximum atomic E-state index is 12.5. The van der Waals surface area contributed by atoms with E-state index in [-0.39, 0.29) is 11.9 Å². The number of hydrogen-bond donors (Lipinski definition) is 1. The Morgan fingerprint density at radius 1 is 1.44 bits per heavy atom. The lowest BCUT2D eigenvalue weighted by Crippen LogP contribution is -2.51. The maximum Gasteiger partial charge on any atom is 0.251 e. The van der Waals surface area contributed by atoms with Crippen molar-refractivity contribution >= 4 is 5.91 Å². The predicted molar refractivity (Wildman–Crippen MR) is 93.3 cm³/mol. The van der Waals surface area contributed by atoms with Crippen LogP contribution >= 0.6 is 0 Å². The summed E-state index contributed by atoms with van der Waals surface area (Å²) in [5.41, 5.74) is 1.32. The van der Waals surface area contributed by atoms with E-state index in [2.05, 4.69) is 34.3 Å². The zero-order valence-electron chi connectivity index (χ0n) is 14.9. The fraction of sp³-hybridized carbons (Fsp3) is 0.500. The molecule has 7 heteroatoms. The van der Waals surface area contributed by atoms with E-state index in [0.29, 0.717) is 29.9 Å². The first-order chi connectivity index (χ1) is 12.0. The number of carbonyl (C=O) groups excluding carboxylic acids is 1. The molecule has 1 aromatic heterocycles. The molecule has 7 nitrogen and oxygen atoms in total. The van der Waals surface area contributed by atoms with E-state index >= 15 is 0 Å². The molecule has 1 fully saturated rings. The number of nitrogens with one attached hydrogen (secondary N) is 1. The van der Waals surface area contributed by atoms with Crippen LogP contribution in [0.15, 0.2) is 28.7 Å². The van der Waals surface area contributed by atoms with Crippen molar-refractivity contribution in [1.29, 1.82) is 0 Å². The third kappa shape index (κ3) is 4.24. The van der Waals surface area contributed by atoms with E-state index < -0.39 is 0 Å². The summed E-state index contributed by atoms with van der Waals surface area (Å²) in [4.78, 5) is 14.8. The average molecular weight is 344 g/mol. The number of benzene rings is 1. The molecule has 1 saturated heterocycles. The summed E-state index contributed by atoms with van der Waals surface area (Å²) in [6, 6.07) is 7.84. The van der Waals surface area contributed by atoms with E-state index in [1.165, 1.54) is 0 Å². The van der Waals surface area contributed by atoms with Gasteiger partial charge in [-0.2, -0.15) is 0 Å². The van der Waals surface area contributed by atoms with E-state index in [1.54, 1.807) is 19.1 Å². The Labute approximate surface area is 147 Å². The number of morpholine rings is 1. The van der Waals surface area contributed by atoms with Crippen molar-refractivity contribution in [3.8, 4) is 11.5 Å². The molecule has 0 radical (unpaired) electrons. The third-order valence-electron chi connectivity index (χ3n) is 4.44. The van der Waals surface area contributed by atoms with Gasteiger partial charge in [0.1, 0.15) is 0 Å². The molecule has 1 amide bonds. The zero-order valence-corrected chi connectivity index (χ0v) is 14.9. The Kier molecular flexibility index (Phi) is 5.45. The molecule has 2 aromatic rings. The van der Waals surface area contributed by atoms with Crippen molar-refractivity contribution in [1.82, 2.24) is 20.4 Å². The second-order valence-electron chi connectivity index (χ2n) is 6.43. The van der Waals surface area contributed by atoms with Crippen LogP contribution in [0.1, 0.15) is 30.1 Å². The molecule has 1 N–H and O–H groups in total. The molecular weight excluding hydrogens is 320 g/mol. The average Bonchev–Trinajstić information content (AvgIpc) is 3.06. The van der Waals surface area contributed by atoms with Crippen molar-refractivity contribution in [2.75, 3.05) is 26.3 Å². The van der Waals surface area contributed by atoms with Gasteiger partial charge in [-0.1, -0.05) is 6.07 Å². The fourth-order valence-electron chi connectivity index (χ4n) is 3.06. The second-order valence-corrected chi connectivity index (χ2v) is 6.43. The van der Waals surface area contributed by atoms with Gasteiger partial charge in [-0.3, -0.25) is 9.69 Å². The Morgan fingerprint density at radius 2 is 2.28 bits per heavy atom. The summed E-state index contributed by atoms with van der Waals surface area (Å²) in [5.74, 6) is 0.812. The molecule has 0 spiro atoms. The second kappa shape index (κ2) is 7.76. The normalized spacial score (nSPS) is 19.6. The van der Waals surface area contributed by atoms with Gasteiger partial charge in [0, 0.05) is 43.2 Å². The van der Waals surface area contributed by atoms with E-state index in [4.69, 9.17) is 9.15 Å². The predicted octanol–water partition coefficient (Wildman–Crippen LogP) is 1.88.